The van der Waals surface area contributed by atoms with Gasteiger partial charge in [0.05, 0.1) is 41.4 Å². The average Bonchev–Trinajstić information content (AvgIpc) is 3.71. The van der Waals surface area contributed by atoms with Gasteiger partial charge in [-0.3, -0.25) is 4.98 Å². The molecule has 2 aliphatic rings. The number of hydrogen-bond acceptors (Lipinski definition) is 7. The van der Waals surface area contributed by atoms with Gasteiger partial charge in [0.25, 0.3) is 0 Å². The number of pyridine rings is 1. The zero-order valence-electron chi connectivity index (χ0n) is 21.8. The quantitative estimate of drug-likeness (QED) is 0.292. The van der Waals surface area contributed by atoms with Crippen molar-refractivity contribution in [1.82, 2.24) is 25.0 Å². The number of rotatable bonds is 7. The molecular formula is C28H28ClFN8. The van der Waals surface area contributed by atoms with Crippen LogP contribution < -0.4 is 10.7 Å². The van der Waals surface area contributed by atoms with Crippen molar-refractivity contribution in [3.63, 3.8) is 0 Å². The predicted molar refractivity (Wildman–Crippen MR) is 145 cm³/mol. The number of nitriles is 1. The number of hydrogen-bond donors (Lipinski definition) is 2. The predicted octanol–water partition coefficient (Wildman–Crippen LogP) is 6.23. The molecule has 6 rings (SSSR count). The van der Waals surface area contributed by atoms with E-state index in [4.69, 9.17) is 11.6 Å². The van der Waals surface area contributed by atoms with E-state index in [0.717, 1.165) is 38.8 Å². The second-order valence-electron chi connectivity index (χ2n) is 9.85. The Morgan fingerprint density at radius 1 is 1.13 bits per heavy atom. The highest BCUT2D eigenvalue weighted by molar-refractivity contribution is 6.35. The fraction of sp³-hybridized carbons (Fsp3) is 0.357. The molecule has 0 bridgehead atoms. The standard InChI is InChI=1S/C28H28ClFN8/c29-24-14-21(13-23-26(19(15-31)16-32-28(23)24)35-37-11-3-1-2-4-12-37)33-27(18-5-7-20(30)8-6-18)25-17-38(36-34-25)22-9-10-22/h5-8,13-14,16-17,22,27,33H,1-4,9-12H2,(H,32,35)/t27-/m0/s1/i27D. The largest absolute Gasteiger partial charge is 0.373 e. The van der Waals surface area contributed by atoms with Gasteiger partial charge in [0.2, 0.25) is 0 Å². The fourth-order valence-corrected chi connectivity index (χ4v) is 5.10. The molecule has 0 amide bonds. The Balaban J connectivity index is 1.43. The number of aromatic nitrogens is 4. The summed E-state index contributed by atoms with van der Waals surface area (Å²) in [6, 6.07) is 10.3. The average molecular weight is 532 g/mol. The van der Waals surface area contributed by atoms with Gasteiger partial charge in [-0.15, -0.1) is 5.10 Å². The van der Waals surface area contributed by atoms with Crippen LogP contribution in [-0.4, -0.2) is 38.1 Å². The second-order valence-corrected chi connectivity index (χ2v) is 10.3. The summed E-state index contributed by atoms with van der Waals surface area (Å²) in [6.45, 7) is 1.74. The van der Waals surface area contributed by atoms with E-state index in [2.05, 4.69) is 37.1 Å². The van der Waals surface area contributed by atoms with Gasteiger partial charge < -0.3 is 10.7 Å². The maximum Gasteiger partial charge on any atom is 0.123 e. The Hall–Kier alpha value is -3.74. The molecular weight excluding hydrogens is 503 g/mol. The Bertz CT molecular complexity index is 1540. The van der Waals surface area contributed by atoms with Gasteiger partial charge in [-0.1, -0.05) is 41.8 Å². The van der Waals surface area contributed by atoms with E-state index < -0.39 is 11.8 Å². The lowest BCUT2D eigenvalue weighted by Gasteiger charge is -2.24. The Kier molecular flexibility index (Phi) is 6.50. The summed E-state index contributed by atoms with van der Waals surface area (Å²) in [6.07, 6.45) is 9.87. The van der Waals surface area contributed by atoms with Gasteiger partial charge in [0.1, 0.15) is 17.6 Å². The Labute approximate surface area is 226 Å². The van der Waals surface area contributed by atoms with Gasteiger partial charge >= 0.3 is 0 Å². The lowest BCUT2D eigenvalue weighted by Crippen LogP contribution is -2.31. The van der Waals surface area contributed by atoms with E-state index in [1.807, 2.05) is 6.07 Å². The Morgan fingerprint density at radius 3 is 2.61 bits per heavy atom. The number of hydrazine groups is 1. The number of nitrogens with zero attached hydrogens (tertiary/aromatic N) is 6. The molecule has 10 heteroatoms. The van der Waals surface area contributed by atoms with Gasteiger partial charge in [-0.05, 0) is 55.5 Å². The summed E-state index contributed by atoms with van der Waals surface area (Å²) < 4.78 is 25.1. The normalized spacial score (nSPS) is 18.3. The topological polar surface area (TPSA) is 94.7 Å². The molecule has 2 aromatic heterocycles. The molecule has 0 radical (unpaired) electrons. The molecule has 1 saturated heterocycles. The molecule has 1 atom stereocenters. The molecule has 1 aliphatic carbocycles. The van der Waals surface area contributed by atoms with Gasteiger partial charge in [0.15, 0.2) is 0 Å². The maximum atomic E-state index is 13.8. The Morgan fingerprint density at radius 2 is 1.89 bits per heavy atom. The van der Waals surface area contributed by atoms with E-state index in [9.17, 15) is 11.0 Å². The molecule has 38 heavy (non-hydrogen) atoms. The van der Waals surface area contributed by atoms with Crippen LogP contribution in [0.2, 0.25) is 5.02 Å². The summed E-state index contributed by atoms with van der Waals surface area (Å²) in [5, 5.41) is 24.9. The summed E-state index contributed by atoms with van der Waals surface area (Å²) in [5.74, 6) is -0.393. The third-order valence-electron chi connectivity index (χ3n) is 7.01. The lowest BCUT2D eigenvalue weighted by atomic mass is 10.0. The molecule has 194 valence electrons. The zero-order chi connectivity index (χ0) is 27.0. The van der Waals surface area contributed by atoms with Crippen LogP contribution in [0.25, 0.3) is 10.9 Å². The molecule has 3 heterocycles. The number of halogens is 2. The third kappa shape index (κ3) is 5.15. The van der Waals surface area contributed by atoms with E-state index in [1.54, 1.807) is 29.1 Å². The number of nitrogens with one attached hydrogen (secondary N) is 2. The van der Waals surface area contributed by atoms with E-state index in [-0.39, 0.29) is 0 Å². The van der Waals surface area contributed by atoms with Crippen molar-refractivity contribution in [3.05, 3.63) is 76.5 Å². The highest BCUT2D eigenvalue weighted by atomic mass is 35.5. The van der Waals surface area contributed by atoms with Crippen molar-refractivity contribution in [2.45, 2.75) is 50.6 Å². The summed E-state index contributed by atoms with van der Waals surface area (Å²) in [4.78, 5) is 4.46. The van der Waals surface area contributed by atoms with Crippen molar-refractivity contribution in [2.75, 3.05) is 23.8 Å². The van der Waals surface area contributed by atoms with Crippen LogP contribution in [0.5, 0.6) is 0 Å². The zero-order valence-corrected chi connectivity index (χ0v) is 21.5. The van der Waals surface area contributed by atoms with Crippen LogP contribution >= 0.6 is 11.6 Å². The van der Waals surface area contributed by atoms with Crippen LogP contribution in [0.3, 0.4) is 0 Å². The van der Waals surface area contributed by atoms with Crippen LogP contribution in [0.4, 0.5) is 15.8 Å². The first kappa shape index (κ1) is 23.4. The summed E-state index contributed by atoms with van der Waals surface area (Å²) in [5.41, 5.74) is 6.46. The van der Waals surface area contributed by atoms with Crippen LogP contribution in [0, 0.1) is 17.1 Å². The van der Waals surface area contributed by atoms with Gasteiger partial charge in [-0.25, -0.2) is 14.1 Å². The molecule has 2 N–H and O–H groups in total. The maximum absolute atomic E-state index is 13.8. The highest BCUT2D eigenvalue weighted by Gasteiger charge is 2.27. The molecule has 0 spiro atoms. The first-order valence-electron chi connectivity index (χ1n) is 13.4. The fourth-order valence-electron chi connectivity index (χ4n) is 4.83. The van der Waals surface area contributed by atoms with Gasteiger partial charge in [-0.2, -0.15) is 5.26 Å². The lowest BCUT2D eigenvalue weighted by molar-refractivity contribution is 0.344. The molecule has 2 fully saturated rings. The monoisotopic (exact) mass is 531 g/mol. The first-order chi connectivity index (χ1) is 18.9. The van der Waals surface area contributed by atoms with Crippen molar-refractivity contribution < 1.29 is 5.76 Å². The van der Waals surface area contributed by atoms with Crippen LogP contribution in [0.1, 0.15) is 68.8 Å². The molecule has 1 saturated carbocycles. The third-order valence-corrected chi connectivity index (χ3v) is 7.30. The number of anilines is 2. The number of benzene rings is 2. The van der Waals surface area contributed by atoms with E-state index in [0.29, 0.717) is 50.2 Å². The van der Waals surface area contributed by atoms with Crippen molar-refractivity contribution in [2.24, 2.45) is 0 Å². The second kappa shape index (κ2) is 10.6. The van der Waals surface area contributed by atoms with E-state index in [1.165, 1.54) is 31.2 Å². The van der Waals surface area contributed by atoms with Crippen LogP contribution in [-0.2, 0) is 0 Å². The van der Waals surface area contributed by atoms with Gasteiger partial charge in [0, 0.05) is 30.4 Å². The first-order valence-corrected chi connectivity index (χ1v) is 13.3. The van der Waals surface area contributed by atoms with Crippen LogP contribution in [0.15, 0.2) is 48.8 Å². The smallest absolute Gasteiger partial charge is 0.123 e. The SMILES string of the molecule is [2H][C@](Nc1cc(Cl)c2ncc(C#N)c(NN3CCCCCC3)c2c1)(c1ccc(F)cc1)c1cn(C2CC2)nn1. The van der Waals surface area contributed by atoms with Crippen molar-refractivity contribution in [1.29, 1.82) is 5.26 Å². The minimum atomic E-state index is -1.59. The van der Waals surface area contributed by atoms with Crippen molar-refractivity contribution >= 4 is 33.9 Å². The van der Waals surface area contributed by atoms with Crippen molar-refractivity contribution in [3.8, 4) is 6.07 Å². The number of fused-ring (bicyclic) bond motifs is 1. The molecule has 8 nitrogen and oxygen atoms in total. The summed E-state index contributed by atoms with van der Waals surface area (Å²) in [7, 11) is 0. The minimum absolute atomic E-state index is 0.293. The molecule has 4 aromatic rings. The molecule has 2 aromatic carbocycles. The summed E-state index contributed by atoms with van der Waals surface area (Å²) >= 11 is 6.72. The molecule has 0 unspecified atom stereocenters. The highest BCUT2D eigenvalue weighted by Crippen LogP contribution is 2.37. The minimum Gasteiger partial charge on any atom is -0.373 e. The molecule has 1 aliphatic heterocycles. The van der Waals surface area contributed by atoms with E-state index >= 15 is 0 Å².